The van der Waals surface area contributed by atoms with Crippen molar-refractivity contribution in [2.45, 2.75) is 101 Å². The number of nitrogens with one attached hydrogen (secondary N) is 4. The van der Waals surface area contributed by atoms with E-state index in [1.807, 2.05) is 26.8 Å². The molecule has 0 bridgehead atoms. The second-order valence-corrected chi connectivity index (χ2v) is 21.3. The highest BCUT2D eigenvalue weighted by atomic mass is 35.5. The van der Waals surface area contributed by atoms with E-state index in [9.17, 15) is 37.1 Å². The van der Waals surface area contributed by atoms with E-state index in [0.29, 0.717) is 36.2 Å². The normalized spacial score (nSPS) is 25.3. The first-order valence-corrected chi connectivity index (χ1v) is 24.2. The predicted molar refractivity (Wildman–Crippen MR) is 255 cm³/mol. The van der Waals surface area contributed by atoms with Crippen molar-refractivity contribution < 1.29 is 46.3 Å². The van der Waals surface area contributed by atoms with Crippen LogP contribution in [0.1, 0.15) is 114 Å². The zero-order valence-corrected chi connectivity index (χ0v) is 40.2. The summed E-state index contributed by atoms with van der Waals surface area (Å²) in [7, 11) is 1.42. The Hall–Kier alpha value is -6.51. The van der Waals surface area contributed by atoms with Crippen molar-refractivity contribution in [1.29, 1.82) is 0 Å². The van der Waals surface area contributed by atoms with Gasteiger partial charge >= 0.3 is 6.18 Å². The monoisotopic (exact) mass is 993 g/mol. The van der Waals surface area contributed by atoms with Crippen LogP contribution >= 0.6 is 11.6 Å². The fourth-order valence-corrected chi connectivity index (χ4v) is 12.0. The van der Waals surface area contributed by atoms with Crippen molar-refractivity contribution in [3.8, 4) is 17.6 Å². The van der Waals surface area contributed by atoms with Gasteiger partial charge < -0.3 is 30.5 Å². The summed E-state index contributed by atoms with van der Waals surface area (Å²) in [6.45, 7) is 7.37. The number of nitrogens with zero attached hydrogens (tertiary/aromatic N) is 3. The number of benzene rings is 3. The number of pyridine rings is 1. The summed E-state index contributed by atoms with van der Waals surface area (Å²) in [5.74, 6) is 3.56. The van der Waals surface area contributed by atoms with Crippen molar-refractivity contribution in [2.75, 3.05) is 37.4 Å². The number of hydrogen-bond acceptors (Lipinski definition) is 9. The number of ether oxygens (including phenoxy) is 1. The highest BCUT2D eigenvalue weighted by Gasteiger charge is 2.62. The zero-order chi connectivity index (χ0) is 50.4. The summed E-state index contributed by atoms with van der Waals surface area (Å²) in [6, 6.07) is 13.3. The number of carbonyl (C=O) groups is 5. The van der Waals surface area contributed by atoms with E-state index < -0.39 is 59.0 Å². The zero-order valence-electron chi connectivity index (χ0n) is 39.5. The molecule has 370 valence electrons. The Bertz CT molecular complexity index is 2980. The number of fused-ring (bicyclic) bond motifs is 3. The SMILES string of the molecule is COc1cc(C(=O)N2CCC3(CC2)C[C@@H]3C#Cc2cccc3c2CN(C2CCC(=O)NC2=O)C3=O)ccc1NC(=O)[C@@H]1N[C@@H](CC(C)(C)C)[C@@]2(CNc3cc(C(F)(F)F)ncc32)[C@H]1c1cccc(Cl)c1F. The molecule has 2 spiro atoms. The Morgan fingerprint density at radius 3 is 2.51 bits per heavy atom. The Labute approximate surface area is 412 Å². The summed E-state index contributed by atoms with van der Waals surface area (Å²) in [5, 5.41) is 11.8. The van der Waals surface area contributed by atoms with Gasteiger partial charge in [-0.25, -0.2) is 4.39 Å². The lowest BCUT2D eigenvalue weighted by Crippen LogP contribution is -2.52. The fourth-order valence-electron chi connectivity index (χ4n) is 11.8. The number of hydrogen-bond donors (Lipinski definition) is 4. The first kappa shape index (κ1) is 48.1. The van der Waals surface area contributed by atoms with Crippen molar-refractivity contribution >= 4 is 52.5 Å². The third-order valence-electron chi connectivity index (χ3n) is 15.5. The molecule has 13 nitrogen and oxygen atoms in total. The molecule has 6 heterocycles. The van der Waals surface area contributed by atoms with Crippen LogP contribution in [0.3, 0.4) is 0 Å². The van der Waals surface area contributed by atoms with Gasteiger partial charge in [0, 0.05) is 90.0 Å². The maximum absolute atomic E-state index is 16.3. The smallest absolute Gasteiger partial charge is 0.433 e. The fraction of sp³-hybridized carbons (Fsp3) is 0.434. The van der Waals surface area contributed by atoms with Gasteiger partial charge in [0.15, 0.2) is 0 Å². The van der Waals surface area contributed by atoms with Gasteiger partial charge in [-0.3, -0.25) is 34.3 Å². The molecule has 5 aliphatic heterocycles. The number of piperidine rings is 2. The molecule has 4 fully saturated rings. The Morgan fingerprint density at radius 1 is 1.03 bits per heavy atom. The number of methoxy groups -OCH3 is 1. The van der Waals surface area contributed by atoms with Crippen molar-refractivity contribution in [2.24, 2.45) is 16.7 Å². The molecule has 18 heteroatoms. The van der Waals surface area contributed by atoms with E-state index in [0.717, 1.165) is 36.5 Å². The molecular weight excluding hydrogens is 942 g/mol. The minimum Gasteiger partial charge on any atom is -0.495 e. The van der Waals surface area contributed by atoms with Crippen LogP contribution in [-0.4, -0.2) is 89.2 Å². The second-order valence-electron chi connectivity index (χ2n) is 20.9. The molecule has 6 aliphatic rings. The van der Waals surface area contributed by atoms with Crippen LogP contribution in [0.25, 0.3) is 0 Å². The first-order valence-electron chi connectivity index (χ1n) is 23.8. The first-order chi connectivity index (χ1) is 33.7. The van der Waals surface area contributed by atoms with Crippen LogP contribution in [0.2, 0.25) is 5.02 Å². The number of amides is 5. The Balaban J connectivity index is 0.841. The van der Waals surface area contributed by atoms with Gasteiger partial charge in [-0.05, 0) is 96.5 Å². The van der Waals surface area contributed by atoms with Gasteiger partial charge in [0.25, 0.3) is 11.8 Å². The van der Waals surface area contributed by atoms with Crippen LogP contribution < -0.4 is 26.0 Å². The van der Waals surface area contributed by atoms with E-state index >= 15 is 4.39 Å². The summed E-state index contributed by atoms with van der Waals surface area (Å²) < 4.78 is 63.8. The lowest BCUT2D eigenvalue weighted by molar-refractivity contribution is -0.141. The number of halogens is 5. The highest BCUT2D eigenvalue weighted by molar-refractivity contribution is 6.30. The average Bonchev–Trinajstić information content (AvgIpc) is 3.54. The highest BCUT2D eigenvalue weighted by Crippen LogP contribution is 2.60. The van der Waals surface area contributed by atoms with E-state index in [2.05, 4.69) is 38.1 Å². The molecule has 1 unspecified atom stereocenters. The minimum absolute atomic E-state index is 0.0358. The number of anilines is 2. The maximum atomic E-state index is 16.3. The summed E-state index contributed by atoms with van der Waals surface area (Å²) in [6.07, 6.45) is -0.230. The largest absolute Gasteiger partial charge is 0.495 e. The minimum atomic E-state index is -4.70. The van der Waals surface area contributed by atoms with Gasteiger partial charge in [-0.15, -0.1) is 0 Å². The summed E-state index contributed by atoms with van der Waals surface area (Å²) in [5.41, 5.74) is 0.761. The number of aromatic nitrogens is 1. The molecule has 4 aromatic rings. The van der Waals surface area contributed by atoms with E-state index in [1.54, 1.807) is 47.4 Å². The maximum Gasteiger partial charge on any atom is 0.433 e. The lowest BCUT2D eigenvalue weighted by atomic mass is 9.63. The quantitative estimate of drug-likeness (QED) is 0.0823. The van der Waals surface area contributed by atoms with Crippen LogP contribution in [0.5, 0.6) is 5.75 Å². The molecule has 10 rings (SSSR count). The van der Waals surface area contributed by atoms with Crippen molar-refractivity contribution in [1.82, 2.24) is 25.4 Å². The number of alkyl halides is 3. The molecule has 3 aromatic carbocycles. The molecule has 71 heavy (non-hydrogen) atoms. The van der Waals surface area contributed by atoms with Crippen LogP contribution in [0.4, 0.5) is 28.9 Å². The van der Waals surface area contributed by atoms with Gasteiger partial charge in [-0.2, -0.15) is 13.2 Å². The molecule has 1 aliphatic carbocycles. The number of imide groups is 1. The van der Waals surface area contributed by atoms with Crippen LogP contribution in [-0.2, 0) is 32.5 Å². The standard InChI is InChI=1S/C53H52ClF4N7O6/c1-50(2,3)24-41-52(27-60-37-22-40(53(56,57)58)59-25-34(37)52)43(32-9-6-10-35(54)44(32)55)45(62-41)47(68)61-36-14-12-29(21-39(36)71-4)48(69)64-19-17-51(18-20-64)23-30(51)13-11-28-7-5-8-31-33(28)26-65(49(31)70)38-15-16-42(66)63-46(38)67/h5-10,12,14,21-22,25,30,38,41,43,45,60,62H,15-20,23-24,26-27H2,1-4H3,(H,61,68)(H,63,66,67)/t30-,38?,41-,43-,45+,52-/m0/s1. The molecule has 0 radical (unpaired) electrons. The number of rotatable bonds is 7. The molecule has 5 amide bonds. The third-order valence-corrected chi connectivity index (χ3v) is 15.8. The molecular formula is C53H52ClF4N7O6. The van der Waals surface area contributed by atoms with E-state index in [1.165, 1.54) is 24.3 Å². The predicted octanol–water partition coefficient (Wildman–Crippen LogP) is 7.82. The van der Waals surface area contributed by atoms with Crippen molar-refractivity contribution in [3.63, 3.8) is 0 Å². The Kier molecular flexibility index (Phi) is 12.0. The summed E-state index contributed by atoms with van der Waals surface area (Å²) in [4.78, 5) is 73.6. The molecule has 4 N–H and O–H groups in total. The van der Waals surface area contributed by atoms with Crippen molar-refractivity contribution in [3.05, 3.63) is 117 Å². The number of likely N-dealkylation sites (tertiary alicyclic amines) is 1. The number of carbonyl (C=O) groups excluding carboxylic acids is 5. The van der Waals surface area contributed by atoms with Gasteiger partial charge in [0.1, 0.15) is 23.3 Å². The molecule has 1 aromatic heterocycles. The van der Waals surface area contributed by atoms with Gasteiger partial charge in [0.2, 0.25) is 17.7 Å². The van der Waals surface area contributed by atoms with Crippen LogP contribution in [0.15, 0.2) is 66.9 Å². The van der Waals surface area contributed by atoms with Gasteiger partial charge in [0.05, 0.1) is 23.9 Å². The summed E-state index contributed by atoms with van der Waals surface area (Å²) >= 11 is 6.37. The molecule has 6 atom stereocenters. The average molecular weight is 994 g/mol. The van der Waals surface area contributed by atoms with Gasteiger partial charge in [-0.1, -0.05) is 62.4 Å². The Morgan fingerprint density at radius 2 is 1.79 bits per heavy atom. The van der Waals surface area contributed by atoms with E-state index in [-0.39, 0.29) is 88.1 Å². The second kappa shape index (κ2) is 17.7. The van der Waals surface area contributed by atoms with Crippen LogP contribution in [0, 0.1) is 34.4 Å². The topological polar surface area (TPSA) is 162 Å². The van der Waals surface area contributed by atoms with E-state index in [4.69, 9.17) is 16.3 Å². The molecule has 1 saturated carbocycles. The lowest BCUT2D eigenvalue weighted by Gasteiger charge is -2.39. The third kappa shape index (κ3) is 8.56. The molecule has 3 saturated heterocycles.